The van der Waals surface area contributed by atoms with Crippen molar-refractivity contribution in [2.24, 2.45) is 0 Å². The normalized spacial score (nSPS) is 19.7. The Labute approximate surface area is 137 Å². The monoisotopic (exact) mass is 322 g/mol. The largest absolute Gasteiger partial charge is 0.508 e. The smallest absolute Gasteiger partial charge is 0.410 e. The van der Waals surface area contributed by atoms with Gasteiger partial charge in [-0.3, -0.25) is 0 Å². The second kappa shape index (κ2) is 6.66. The Morgan fingerprint density at radius 1 is 1.39 bits per heavy atom. The quantitative estimate of drug-likeness (QED) is 0.746. The van der Waals surface area contributed by atoms with Crippen molar-refractivity contribution in [1.82, 2.24) is 10.2 Å². The first-order chi connectivity index (χ1) is 10.7. The van der Waals surface area contributed by atoms with Crippen molar-refractivity contribution in [1.29, 1.82) is 0 Å². The number of nitrogens with zero attached hydrogens (tertiary/aromatic N) is 1. The lowest BCUT2D eigenvalue weighted by Gasteiger charge is -2.25. The van der Waals surface area contributed by atoms with Crippen molar-refractivity contribution in [2.75, 3.05) is 13.1 Å². The molecule has 128 valence electrons. The minimum Gasteiger partial charge on any atom is -0.508 e. The van der Waals surface area contributed by atoms with E-state index in [1.807, 2.05) is 27.7 Å². The molecule has 2 atom stereocenters. The molecule has 0 radical (unpaired) electrons. The molecular formula is C17H26N2O4. The Balaban J connectivity index is 1.92. The first kappa shape index (κ1) is 17.4. The topological polar surface area (TPSA) is 82.0 Å². The fourth-order valence-electron chi connectivity index (χ4n) is 2.72. The van der Waals surface area contributed by atoms with Crippen LogP contribution in [-0.4, -0.2) is 45.9 Å². The van der Waals surface area contributed by atoms with Crippen molar-refractivity contribution in [3.8, 4) is 11.5 Å². The van der Waals surface area contributed by atoms with Crippen LogP contribution >= 0.6 is 0 Å². The highest BCUT2D eigenvalue weighted by Crippen LogP contribution is 2.28. The van der Waals surface area contributed by atoms with Gasteiger partial charge in [0.25, 0.3) is 0 Å². The van der Waals surface area contributed by atoms with Gasteiger partial charge in [0, 0.05) is 30.7 Å². The molecule has 3 N–H and O–H groups in total. The average molecular weight is 322 g/mol. The predicted molar refractivity (Wildman–Crippen MR) is 87.5 cm³/mol. The summed E-state index contributed by atoms with van der Waals surface area (Å²) in [6.45, 7) is 8.69. The van der Waals surface area contributed by atoms with Gasteiger partial charge in [-0.1, -0.05) is 0 Å². The van der Waals surface area contributed by atoms with Gasteiger partial charge in [-0.05, 0) is 52.3 Å². The zero-order valence-corrected chi connectivity index (χ0v) is 14.2. The van der Waals surface area contributed by atoms with Crippen LogP contribution in [0, 0.1) is 0 Å². The standard InChI is InChI=1S/C17H26N2O4/c1-11(14-9-13(20)5-6-15(14)21)18-12-7-8-19(10-12)16(22)23-17(2,3)4/h5-6,9,11-12,18,20-21H,7-8,10H2,1-4H3. The van der Waals surface area contributed by atoms with Crippen LogP contribution in [-0.2, 0) is 4.74 Å². The van der Waals surface area contributed by atoms with Crippen LogP contribution in [0.5, 0.6) is 11.5 Å². The minimum atomic E-state index is -0.497. The van der Waals surface area contributed by atoms with E-state index in [0.717, 1.165) is 6.42 Å². The zero-order valence-electron chi connectivity index (χ0n) is 14.2. The van der Waals surface area contributed by atoms with Gasteiger partial charge < -0.3 is 25.2 Å². The van der Waals surface area contributed by atoms with E-state index in [4.69, 9.17) is 4.74 Å². The number of phenols is 2. The number of phenolic OH excluding ortho intramolecular Hbond substituents is 2. The molecule has 1 aliphatic rings. The number of hydrogen-bond donors (Lipinski definition) is 3. The second-order valence-electron chi connectivity index (χ2n) is 7.04. The second-order valence-corrected chi connectivity index (χ2v) is 7.04. The summed E-state index contributed by atoms with van der Waals surface area (Å²) in [5, 5.41) is 22.9. The molecule has 2 rings (SSSR count). The lowest BCUT2D eigenvalue weighted by atomic mass is 10.1. The van der Waals surface area contributed by atoms with Crippen LogP contribution in [0.3, 0.4) is 0 Å². The number of rotatable bonds is 3. The van der Waals surface area contributed by atoms with E-state index in [0.29, 0.717) is 18.7 Å². The number of ether oxygens (including phenoxy) is 1. The van der Waals surface area contributed by atoms with Gasteiger partial charge in [-0.2, -0.15) is 0 Å². The molecule has 0 aromatic heterocycles. The Morgan fingerprint density at radius 2 is 2.09 bits per heavy atom. The predicted octanol–water partition coefficient (Wildman–Crippen LogP) is 2.76. The lowest BCUT2D eigenvalue weighted by Crippen LogP contribution is -2.39. The summed E-state index contributed by atoms with van der Waals surface area (Å²) in [5.41, 5.74) is 0.143. The maximum atomic E-state index is 12.1. The van der Waals surface area contributed by atoms with E-state index < -0.39 is 5.60 Å². The Bertz CT molecular complexity index is 568. The lowest BCUT2D eigenvalue weighted by molar-refractivity contribution is 0.0290. The fourth-order valence-corrected chi connectivity index (χ4v) is 2.72. The van der Waals surface area contributed by atoms with Crippen LogP contribution < -0.4 is 5.32 Å². The molecule has 23 heavy (non-hydrogen) atoms. The van der Waals surface area contributed by atoms with Crippen molar-refractivity contribution < 1.29 is 19.7 Å². The van der Waals surface area contributed by atoms with Crippen LogP contribution in [0.1, 0.15) is 45.7 Å². The van der Waals surface area contributed by atoms with Crippen LogP contribution in [0.15, 0.2) is 18.2 Å². The van der Waals surface area contributed by atoms with Crippen molar-refractivity contribution in [2.45, 2.75) is 51.8 Å². The third kappa shape index (κ3) is 4.76. The van der Waals surface area contributed by atoms with Gasteiger partial charge in [-0.25, -0.2) is 4.79 Å². The number of carbonyl (C=O) groups excluding carboxylic acids is 1. The molecule has 1 aromatic rings. The summed E-state index contributed by atoms with van der Waals surface area (Å²) in [4.78, 5) is 13.8. The summed E-state index contributed by atoms with van der Waals surface area (Å²) in [6, 6.07) is 4.47. The average Bonchev–Trinajstić information content (AvgIpc) is 2.88. The number of likely N-dealkylation sites (tertiary alicyclic amines) is 1. The van der Waals surface area contributed by atoms with Gasteiger partial charge in [0.2, 0.25) is 0 Å². The van der Waals surface area contributed by atoms with E-state index in [1.165, 1.54) is 12.1 Å². The molecule has 0 spiro atoms. The SMILES string of the molecule is CC(NC1CCN(C(=O)OC(C)(C)C)C1)c1cc(O)ccc1O. The third-order valence-electron chi connectivity index (χ3n) is 3.80. The van der Waals surface area contributed by atoms with Gasteiger partial charge in [0.1, 0.15) is 17.1 Å². The fraction of sp³-hybridized carbons (Fsp3) is 0.588. The van der Waals surface area contributed by atoms with E-state index in [1.54, 1.807) is 11.0 Å². The summed E-state index contributed by atoms with van der Waals surface area (Å²) >= 11 is 0. The first-order valence-corrected chi connectivity index (χ1v) is 7.91. The summed E-state index contributed by atoms with van der Waals surface area (Å²) in [6.07, 6.45) is 0.526. The van der Waals surface area contributed by atoms with E-state index in [9.17, 15) is 15.0 Å². The molecule has 6 heteroatoms. The number of carbonyl (C=O) groups is 1. The first-order valence-electron chi connectivity index (χ1n) is 7.91. The van der Waals surface area contributed by atoms with Gasteiger partial charge in [0.05, 0.1) is 0 Å². The maximum Gasteiger partial charge on any atom is 0.410 e. The molecule has 0 aliphatic carbocycles. The maximum absolute atomic E-state index is 12.1. The molecule has 1 aromatic carbocycles. The highest BCUT2D eigenvalue weighted by Gasteiger charge is 2.30. The Kier molecular flexibility index (Phi) is 5.04. The number of nitrogens with one attached hydrogen (secondary N) is 1. The molecule has 1 aliphatic heterocycles. The van der Waals surface area contributed by atoms with E-state index in [-0.39, 0.29) is 29.7 Å². The molecule has 1 saturated heterocycles. The van der Waals surface area contributed by atoms with Crippen molar-refractivity contribution in [3.05, 3.63) is 23.8 Å². The zero-order chi connectivity index (χ0) is 17.2. The molecule has 1 amide bonds. The molecule has 1 heterocycles. The molecule has 0 saturated carbocycles. The molecule has 0 bridgehead atoms. The van der Waals surface area contributed by atoms with E-state index >= 15 is 0 Å². The Morgan fingerprint density at radius 3 is 2.74 bits per heavy atom. The van der Waals surface area contributed by atoms with Crippen molar-refractivity contribution >= 4 is 6.09 Å². The number of amides is 1. The third-order valence-corrected chi connectivity index (χ3v) is 3.80. The van der Waals surface area contributed by atoms with Crippen LogP contribution in [0.4, 0.5) is 4.79 Å². The number of aromatic hydroxyl groups is 2. The molecular weight excluding hydrogens is 296 g/mol. The summed E-state index contributed by atoms with van der Waals surface area (Å²) < 4.78 is 5.38. The van der Waals surface area contributed by atoms with Crippen molar-refractivity contribution in [3.63, 3.8) is 0 Å². The van der Waals surface area contributed by atoms with Gasteiger partial charge in [-0.15, -0.1) is 0 Å². The summed E-state index contributed by atoms with van der Waals surface area (Å²) in [5.74, 6) is 0.262. The number of hydrogen-bond acceptors (Lipinski definition) is 5. The highest BCUT2D eigenvalue weighted by atomic mass is 16.6. The Hall–Kier alpha value is -1.95. The van der Waals surface area contributed by atoms with E-state index in [2.05, 4.69) is 5.32 Å². The molecule has 2 unspecified atom stereocenters. The highest BCUT2D eigenvalue weighted by molar-refractivity contribution is 5.68. The van der Waals surface area contributed by atoms with Gasteiger partial charge >= 0.3 is 6.09 Å². The molecule has 6 nitrogen and oxygen atoms in total. The van der Waals surface area contributed by atoms with Crippen LogP contribution in [0.2, 0.25) is 0 Å². The molecule has 1 fully saturated rings. The van der Waals surface area contributed by atoms with Gasteiger partial charge in [0.15, 0.2) is 0 Å². The van der Waals surface area contributed by atoms with Crippen LogP contribution in [0.25, 0.3) is 0 Å². The minimum absolute atomic E-state index is 0.119. The number of benzene rings is 1. The summed E-state index contributed by atoms with van der Waals surface area (Å²) in [7, 11) is 0.